The van der Waals surface area contributed by atoms with Crippen molar-refractivity contribution in [2.45, 2.75) is 26.1 Å². The predicted octanol–water partition coefficient (Wildman–Crippen LogP) is 5.58. The Morgan fingerprint density at radius 1 is 1.12 bits per heavy atom. The van der Waals surface area contributed by atoms with E-state index in [1.165, 1.54) is 0 Å². The SMILES string of the molecule is COc1ccc2nc(COc3ccc(CCC(=O)O)c(OCc4cc(Br)cs4)c3)n(C)c2c1. The van der Waals surface area contributed by atoms with Crippen molar-refractivity contribution in [3.8, 4) is 17.2 Å². The van der Waals surface area contributed by atoms with Crippen molar-refractivity contribution in [3.05, 3.63) is 68.6 Å². The van der Waals surface area contributed by atoms with Gasteiger partial charge in [-0.3, -0.25) is 4.79 Å². The van der Waals surface area contributed by atoms with E-state index in [9.17, 15) is 4.79 Å². The molecule has 0 spiro atoms. The largest absolute Gasteiger partial charge is 0.497 e. The first kappa shape index (κ1) is 23.1. The van der Waals surface area contributed by atoms with E-state index in [4.69, 9.17) is 19.3 Å². The Morgan fingerprint density at radius 2 is 1.94 bits per heavy atom. The second kappa shape index (κ2) is 10.3. The molecule has 4 aromatic rings. The lowest BCUT2D eigenvalue weighted by Gasteiger charge is -2.13. The molecule has 0 aliphatic carbocycles. The zero-order chi connectivity index (χ0) is 23.4. The average Bonchev–Trinajstić information content (AvgIpc) is 3.37. The van der Waals surface area contributed by atoms with Crippen LogP contribution < -0.4 is 14.2 Å². The van der Waals surface area contributed by atoms with Gasteiger partial charge in [-0.1, -0.05) is 6.07 Å². The van der Waals surface area contributed by atoms with Crippen molar-refractivity contribution in [3.63, 3.8) is 0 Å². The van der Waals surface area contributed by atoms with E-state index < -0.39 is 5.97 Å². The number of thiophene rings is 1. The van der Waals surface area contributed by atoms with Crippen LogP contribution in [-0.2, 0) is 31.5 Å². The van der Waals surface area contributed by atoms with Gasteiger partial charge in [0.05, 0.1) is 18.1 Å². The van der Waals surface area contributed by atoms with Gasteiger partial charge in [-0.25, -0.2) is 4.98 Å². The van der Waals surface area contributed by atoms with Crippen LogP contribution in [0, 0.1) is 0 Å². The van der Waals surface area contributed by atoms with Gasteiger partial charge in [-0.15, -0.1) is 11.3 Å². The number of ether oxygens (including phenoxy) is 3. The number of carboxylic acid groups (broad SMARTS) is 1. The third-order valence-electron chi connectivity index (χ3n) is 5.19. The molecule has 1 N–H and O–H groups in total. The Kier molecular flexibility index (Phi) is 7.20. The van der Waals surface area contributed by atoms with Crippen LogP contribution in [0.3, 0.4) is 0 Å². The van der Waals surface area contributed by atoms with E-state index >= 15 is 0 Å². The van der Waals surface area contributed by atoms with E-state index in [1.54, 1.807) is 18.4 Å². The fourth-order valence-electron chi connectivity index (χ4n) is 3.41. The van der Waals surface area contributed by atoms with Gasteiger partial charge < -0.3 is 23.9 Å². The van der Waals surface area contributed by atoms with Gasteiger partial charge >= 0.3 is 5.97 Å². The quantitative estimate of drug-likeness (QED) is 0.288. The number of hydrogen-bond acceptors (Lipinski definition) is 6. The summed E-state index contributed by atoms with van der Waals surface area (Å²) in [6.07, 6.45) is 0.413. The zero-order valence-electron chi connectivity index (χ0n) is 18.2. The van der Waals surface area contributed by atoms with Gasteiger partial charge in [0.25, 0.3) is 0 Å². The van der Waals surface area contributed by atoms with Crippen molar-refractivity contribution < 1.29 is 24.1 Å². The molecular formula is C24H23BrN2O5S. The van der Waals surface area contributed by atoms with Crippen LogP contribution >= 0.6 is 27.3 Å². The minimum absolute atomic E-state index is 0.0322. The first-order valence-electron chi connectivity index (χ1n) is 10.3. The summed E-state index contributed by atoms with van der Waals surface area (Å²) in [6, 6.07) is 13.2. The number of methoxy groups -OCH3 is 1. The highest BCUT2D eigenvalue weighted by Gasteiger charge is 2.12. The lowest BCUT2D eigenvalue weighted by atomic mass is 10.1. The fourth-order valence-corrected chi connectivity index (χ4v) is 4.77. The molecule has 0 saturated carbocycles. The van der Waals surface area contributed by atoms with Crippen molar-refractivity contribution in [1.82, 2.24) is 9.55 Å². The zero-order valence-corrected chi connectivity index (χ0v) is 20.6. The summed E-state index contributed by atoms with van der Waals surface area (Å²) in [6.45, 7) is 0.672. The lowest BCUT2D eigenvalue weighted by Crippen LogP contribution is -2.05. The minimum atomic E-state index is -0.845. The third-order valence-corrected chi connectivity index (χ3v) is 6.86. The Morgan fingerprint density at radius 3 is 2.67 bits per heavy atom. The molecule has 2 aromatic heterocycles. The third kappa shape index (κ3) is 5.66. The number of carbonyl (C=O) groups is 1. The molecule has 172 valence electrons. The maximum absolute atomic E-state index is 11.1. The van der Waals surface area contributed by atoms with Crippen molar-refractivity contribution in [2.75, 3.05) is 7.11 Å². The van der Waals surface area contributed by atoms with Crippen LogP contribution in [0.1, 0.15) is 22.7 Å². The minimum Gasteiger partial charge on any atom is -0.497 e. The monoisotopic (exact) mass is 530 g/mol. The number of carboxylic acids is 1. The molecule has 0 atom stereocenters. The molecule has 2 aromatic carbocycles. The second-order valence-corrected chi connectivity index (χ2v) is 9.33. The molecule has 0 fully saturated rings. The Labute approximate surface area is 203 Å². The predicted molar refractivity (Wildman–Crippen MR) is 130 cm³/mol. The molecule has 2 heterocycles. The molecule has 0 aliphatic rings. The molecule has 0 radical (unpaired) electrons. The number of imidazole rings is 1. The second-order valence-electron chi connectivity index (χ2n) is 7.41. The van der Waals surface area contributed by atoms with Gasteiger partial charge in [0, 0.05) is 40.3 Å². The van der Waals surface area contributed by atoms with Crippen LogP contribution in [0.5, 0.6) is 17.2 Å². The number of benzene rings is 2. The maximum atomic E-state index is 11.1. The van der Waals surface area contributed by atoms with Gasteiger partial charge in [-0.2, -0.15) is 0 Å². The van der Waals surface area contributed by atoms with E-state index in [1.807, 2.05) is 59.5 Å². The molecule has 0 saturated heterocycles. The molecule has 0 bridgehead atoms. The van der Waals surface area contributed by atoms with E-state index in [-0.39, 0.29) is 13.0 Å². The summed E-state index contributed by atoms with van der Waals surface area (Å²) in [5.74, 6) is 1.95. The lowest BCUT2D eigenvalue weighted by molar-refractivity contribution is -0.136. The summed E-state index contributed by atoms with van der Waals surface area (Å²) in [4.78, 5) is 16.8. The first-order chi connectivity index (χ1) is 15.9. The molecule has 33 heavy (non-hydrogen) atoms. The van der Waals surface area contributed by atoms with Gasteiger partial charge in [0.15, 0.2) is 0 Å². The van der Waals surface area contributed by atoms with Gasteiger partial charge in [0.2, 0.25) is 0 Å². The van der Waals surface area contributed by atoms with Gasteiger partial charge in [-0.05, 0) is 52.2 Å². The number of fused-ring (bicyclic) bond motifs is 1. The summed E-state index contributed by atoms with van der Waals surface area (Å²) in [7, 11) is 3.58. The van der Waals surface area contributed by atoms with Crippen molar-refractivity contribution >= 4 is 44.3 Å². The summed E-state index contributed by atoms with van der Waals surface area (Å²) in [5, 5.41) is 11.1. The Bertz CT molecular complexity index is 1280. The highest BCUT2D eigenvalue weighted by Crippen LogP contribution is 2.29. The number of aliphatic carboxylic acids is 1. The molecule has 0 unspecified atom stereocenters. The highest BCUT2D eigenvalue weighted by molar-refractivity contribution is 9.10. The van der Waals surface area contributed by atoms with E-state index in [0.29, 0.717) is 24.5 Å². The van der Waals surface area contributed by atoms with E-state index in [0.717, 1.165) is 37.5 Å². The maximum Gasteiger partial charge on any atom is 0.303 e. The summed E-state index contributed by atoms with van der Waals surface area (Å²) < 4.78 is 20.4. The molecule has 0 amide bonds. The summed E-state index contributed by atoms with van der Waals surface area (Å²) in [5.41, 5.74) is 2.66. The smallest absolute Gasteiger partial charge is 0.303 e. The fraction of sp³-hybridized carbons (Fsp3) is 0.250. The standard InChI is InChI=1S/C24H23BrN2O5S/c1-27-21-10-17(30-2)6-7-20(21)26-23(27)13-31-18-5-3-15(4-8-24(28)29)22(11-18)32-12-19-9-16(25)14-33-19/h3,5-7,9-11,14H,4,8,12-13H2,1-2H3,(H,28,29). The highest BCUT2D eigenvalue weighted by atomic mass is 79.9. The van der Waals surface area contributed by atoms with Crippen LogP contribution in [0.2, 0.25) is 0 Å². The number of hydrogen-bond donors (Lipinski definition) is 1. The number of rotatable bonds is 10. The van der Waals surface area contributed by atoms with Crippen LogP contribution in [-0.4, -0.2) is 27.7 Å². The molecule has 4 rings (SSSR count). The average molecular weight is 531 g/mol. The molecule has 7 nitrogen and oxygen atoms in total. The van der Waals surface area contributed by atoms with Gasteiger partial charge in [0.1, 0.15) is 36.3 Å². The number of aryl methyl sites for hydroxylation is 2. The van der Waals surface area contributed by atoms with Crippen LogP contribution in [0.25, 0.3) is 11.0 Å². The molecular weight excluding hydrogens is 508 g/mol. The Balaban J connectivity index is 1.51. The number of aromatic nitrogens is 2. The van der Waals surface area contributed by atoms with E-state index in [2.05, 4.69) is 20.9 Å². The molecule has 9 heteroatoms. The first-order valence-corrected chi connectivity index (χ1v) is 11.9. The normalized spacial score (nSPS) is 11.0. The number of nitrogens with zero attached hydrogens (tertiary/aromatic N) is 2. The Hall–Kier alpha value is -3.04. The number of halogens is 1. The summed E-state index contributed by atoms with van der Waals surface area (Å²) >= 11 is 5.04. The molecule has 0 aliphatic heterocycles. The van der Waals surface area contributed by atoms with Crippen LogP contribution in [0.4, 0.5) is 0 Å². The van der Waals surface area contributed by atoms with Crippen LogP contribution in [0.15, 0.2) is 52.3 Å². The topological polar surface area (TPSA) is 82.8 Å². The van der Waals surface area contributed by atoms with Crippen molar-refractivity contribution in [1.29, 1.82) is 0 Å². The van der Waals surface area contributed by atoms with Crippen molar-refractivity contribution in [2.24, 2.45) is 7.05 Å².